The summed E-state index contributed by atoms with van der Waals surface area (Å²) in [7, 11) is 0. The van der Waals surface area contributed by atoms with Gasteiger partial charge in [-0.2, -0.15) is 0 Å². The van der Waals surface area contributed by atoms with Crippen LogP contribution in [-0.4, -0.2) is 21.0 Å². The molecule has 0 spiro atoms. The molecule has 1 aromatic heterocycles. The van der Waals surface area contributed by atoms with E-state index in [0.717, 1.165) is 21.3 Å². The topological polar surface area (TPSA) is 46.9 Å². The summed E-state index contributed by atoms with van der Waals surface area (Å²) < 4.78 is 2.99. The zero-order valence-electron chi connectivity index (χ0n) is 12.4. The van der Waals surface area contributed by atoms with Crippen LogP contribution in [0.25, 0.3) is 11.0 Å². The summed E-state index contributed by atoms with van der Waals surface area (Å²) in [6.07, 6.45) is 0.405. The van der Waals surface area contributed by atoms with Gasteiger partial charge in [-0.15, -0.1) is 11.6 Å². The molecule has 0 aliphatic carbocycles. The lowest BCUT2D eigenvalue weighted by atomic mass is 10.1. The fourth-order valence-electron chi connectivity index (χ4n) is 2.20. The molecule has 1 heterocycles. The summed E-state index contributed by atoms with van der Waals surface area (Å²) in [6.45, 7) is 6.49. The fourth-order valence-corrected chi connectivity index (χ4v) is 2.75. The smallest absolute Gasteiger partial charge is 0.222 e. The number of carbonyl (C=O) groups is 1. The highest BCUT2D eigenvalue weighted by molar-refractivity contribution is 9.10. The average molecular weight is 373 g/mol. The molecule has 0 unspecified atom stereocenters. The first-order valence-electron chi connectivity index (χ1n) is 6.82. The van der Waals surface area contributed by atoms with Crippen LogP contribution >= 0.6 is 27.5 Å². The Morgan fingerprint density at radius 3 is 2.76 bits per heavy atom. The number of imidazole rings is 1. The maximum atomic E-state index is 12.0. The van der Waals surface area contributed by atoms with Crippen LogP contribution in [0.4, 0.5) is 0 Å². The quantitative estimate of drug-likeness (QED) is 0.829. The Balaban J connectivity index is 2.19. The number of nitrogens with zero attached hydrogens (tertiary/aromatic N) is 2. The van der Waals surface area contributed by atoms with E-state index in [2.05, 4.69) is 26.2 Å². The third-order valence-electron chi connectivity index (χ3n) is 2.99. The lowest BCUT2D eigenvalue weighted by Gasteiger charge is -2.20. The van der Waals surface area contributed by atoms with Crippen molar-refractivity contribution in [3.05, 3.63) is 28.5 Å². The van der Waals surface area contributed by atoms with Gasteiger partial charge in [0.1, 0.15) is 5.82 Å². The molecular formula is C15H19BrClN3O. The highest BCUT2D eigenvalue weighted by atomic mass is 79.9. The number of carbonyl (C=O) groups excluding carboxylic acids is 1. The van der Waals surface area contributed by atoms with E-state index in [1.165, 1.54) is 0 Å². The van der Waals surface area contributed by atoms with Crippen LogP contribution in [0.2, 0.25) is 0 Å². The summed E-state index contributed by atoms with van der Waals surface area (Å²) >= 11 is 9.41. The van der Waals surface area contributed by atoms with Gasteiger partial charge in [0.15, 0.2) is 0 Å². The van der Waals surface area contributed by atoms with Crippen molar-refractivity contribution in [1.29, 1.82) is 0 Å². The molecule has 4 nitrogen and oxygen atoms in total. The molecular weight excluding hydrogens is 354 g/mol. The van der Waals surface area contributed by atoms with Gasteiger partial charge in [0.05, 0.1) is 16.9 Å². The molecule has 2 aromatic rings. The molecule has 0 radical (unpaired) electrons. The summed E-state index contributed by atoms with van der Waals surface area (Å²) in [4.78, 5) is 16.5. The van der Waals surface area contributed by atoms with Crippen LogP contribution in [0.5, 0.6) is 0 Å². The number of rotatable bonds is 4. The van der Waals surface area contributed by atoms with Crippen LogP contribution < -0.4 is 5.32 Å². The molecule has 21 heavy (non-hydrogen) atoms. The minimum absolute atomic E-state index is 0.0296. The van der Waals surface area contributed by atoms with E-state index in [-0.39, 0.29) is 11.4 Å². The van der Waals surface area contributed by atoms with Gasteiger partial charge in [-0.3, -0.25) is 4.79 Å². The van der Waals surface area contributed by atoms with Crippen LogP contribution in [-0.2, 0) is 17.2 Å². The average Bonchev–Trinajstić information content (AvgIpc) is 2.71. The van der Waals surface area contributed by atoms with Crippen molar-refractivity contribution in [3.63, 3.8) is 0 Å². The van der Waals surface area contributed by atoms with E-state index < -0.39 is 0 Å². The number of alkyl halides is 1. The normalized spacial score (nSPS) is 11.9. The molecule has 0 aliphatic rings. The second-order valence-corrected chi connectivity index (χ2v) is 7.18. The number of hydrogen-bond acceptors (Lipinski definition) is 2. The number of amides is 1. The molecule has 6 heteroatoms. The third-order valence-corrected chi connectivity index (χ3v) is 3.72. The van der Waals surface area contributed by atoms with Gasteiger partial charge < -0.3 is 9.88 Å². The monoisotopic (exact) mass is 371 g/mol. The van der Waals surface area contributed by atoms with Crippen molar-refractivity contribution < 1.29 is 4.79 Å². The summed E-state index contributed by atoms with van der Waals surface area (Å²) in [5.74, 6) is 1.14. The molecule has 1 aromatic carbocycles. The fraction of sp³-hybridized carbons (Fsp3) is 0.467. The highest BCUT2D eigenvalue weighted by Crippen LogP contribution is 2.22. The van der Waals surface area contributed by atoms with E-state index in [9.17, 15) is 4.79 Å². The van der Waals surface area contributed by atoms with Gasteiger partial charge in [-0.25, -0.2) is 4.98 Å². The lowest BCUT2D eigenvalue weighted by Crippen LogP contribution is -2.40. The standard InChI is InChI=1S/C15H19BrClN3O/c1-15(2,3)19-14(21)6-7-20-12-5-4-10(16)8-11(12)18-13(20)9-17/h4-5,8H,6-7,9H2,1-3H3,(H,19,21). The maximum absolute atomic E-state index is 12.0. The van der Waals surface area contributed by atoms with Crippen molar-refractivity contribution in [2.24, 2.45) is 0 Å². The van der Waals surface area contributed by atoms with E-state index in [4.69, 9.17) is 11.6 Å². The zero-order valence-corrected chi connectivity index (χ0v) is 14.8. The predicted octanol–water partition coefficient (Wildman–Crippen LogP) is 3.84. The van der Waals surface area contributed by atoms with Crippen molar-refractivity contribution in [3.8, 4) is 0 Å². The second kappa shape index (κ2) is 6.36. The number of aryl methyl sites for hydroxylation is 1. The SMILES string of the molecule is CC(C)(C)NC(=O)CCn1c(CCl)nc2cc(Br)ccc21. The highest BCUT2D eigenvalue weighted by Gasteiger charge is 2.15. The van der Waals surface area contributed by atoms with Crippen LogP contribution in [0.3, 0.4) is 0 Å². The Morgan fingerprint density at radius 1 is 1.43 bits per heavy atom. The first-order valence-corrected chi connectivity index (χ1v) is 8.14. The summed E-state index contributed by atoms with van der Waals surface area (Å²) in [5, 5.41) is 2.96. The maximum Gasteiger partial charge on any atom is 0.222 e. The van der Waals surface area contributed by atoms with Gasteiger partial charge >= 0.3 is 0 Å². The number of fused-ring (bicyclic) bond motifs is 1. The van der Waals surface area contributed by atoms with Crippen molar-refractivity contribution in [1.82, 2.24) is 14.9 Å². The number of aromatic nitrogens is 2. The minimum Gasteiger partial charge on any atom is -0.351 e. The minimum atomic E-state index is -0.214. The van der Waals surface area contributed by atoms with Crippen molar-refractivity contribution in [2.45, 2.75) is 45.2 Å². The van der Waals surface area contributed by atoms with Crippen LogP contribution in [0.15, 0.2) is 22.7 Å². The summed E-state index contributed by atoms with van der Waals surface area (Å²) in [5.41, 5.74) is 1.67. The van der Waals surface area contributed by atoms with Gasteiger partial charge in [0.25, 0.3) is 0 Å². The van der Waals surface area contributed by atoms with Crippen LogP contribution in [0, 0.1) is 0 Å². The third kappa shape index (κ3) is 4.20. The van der Waals surface area contributed by atoms with E-state index in [1.54, 1.807) is 0 Å². The Hall–Kier alpha value is -1.07. The van der Waals surface area contributed by atoms with E-state index >= 15 is 0 Å². The first kappa shape index (κ1) is 16.3. The molecule has 0 saturated heterocycles. The molecule has 114 valence electrons. The number of hydrogen-bond donors (Lipinski definition) is 1. The first-order chi connectivity index (χ1) is 9.80. The Morgan fingerprint density at radius 2 is 2.14 bits per heavy atom. The molecule has 0 fully saturated rings. The lowest BCUT2D eigenvalue weighted by molar-refractivity contribution is -0.122. The van der Waals surface area contributed by atoms with Gasteiger partial charge in [-0.05, 0) is 39.0 Å². The zero-order chi connectivity index (χ0) is 15.6. The van der Waals surface area contributed by atoms with E-state index in [0.29, 0.717) is 18.8 Å². The van der Waals surface area contributed by atoms with Gasteiger partial charge in [0.2, 0.25) is 5.91 Å². The molecule has 1 N–H and O–H groups in total. The number of halogens is 2. The van der Waals surface area contributed by atoms with E-state index in [1.807, 2.05) is 43.5 Å². The second-order valence-electron chi connectivity index (χ2n) is 5.99. The molecule has 1 amide bonds. The Kier molecular flexibility index (Phi) is 4.94. The van der Waals surface area contributed by atoms with Crippen LogP contribution in [0.1, 0.15) is 33.0 Å². The van der Waals surface area contributed by atoms with Crippen molar-refractivity contribution in [2.75, 3.05) is 0 Å². The number of nitrogens with one attached hydrogen (secondary N) is 1. The molecule has 0 bridgehead atoms. The largest absolute Gasteiger partial charge is 0.351 e. The van der Waals surface area contributed by atoms with Crippen molar-refractivity contribution >= 4 is 44.5 Å². The molecule has 0 saturated carbocycles. The Labute approximate surface area is 138 Å². The molecule has 2 rings (SSSR count). The Bertz CT molecular complexity index is 661. The van der Waals surface area contributed by atoms with Gasteiger partial charge in [0, 0.05) is 23.0 Å². The molecule has 0 aliphatic heterocycles. The summed E-state index contributed by atoms with van der Waals surface area (Å²) in [6, 6.07) is 5.91. The molecule has 0 atom stereocenters. The predicted molar refractivity (Wildman–Crippen MR) is 89.5 cm³/mol. The number of benzene rings is 1. The van der Waals surface area contributed by atoms with Gasteiger partial charge in [-0.1, -0.05) is 15.9 Å².